The summed E-state index contributed by atoms with van der Waals surface area (Å²) in [7, 11) is 0. The Bertz CT molecular complexity index is 1030. The van der Waals surface area contributed by atoms with Gasteiger partial charge >= 0.3 is 6.03 Å². The molecule has 1 saturated heterocycles. The first-order valence-corrected chi connectivity index (χ1v) is 8.28. The van der Waals surface area contributed by atoms with Crippen molar-refractivity contribution in [1.29, 1.82) is 5.26 Å². The summed E-state index contributed by atoms with van der Waals surface area (Å²) >= 11 is 5.91. The Morgan fingerprint density at radius 1 is 1.22 bits per heavy atom. The number of anilines is 1. The summed E-state index contributed by atoms with van der Waals surface area (Å²) in [4.78, 5) is 42.0. The standard InChI is InChI=1S/C19H13ClN4O3/c1-11-3-2-4-14(7-11)24-18(26)15(17(25)23-19(24)27)10-22-16-8-13(20)6-5-12(16)9-21/h2-8,10,15H,1H3,(H,23,25,27)/t15-/m1/s1. The average molecular weight is 381 g/mol. The highest BCUT2D eigenvalue weighted by atomic mass is 35.5. The fourth-order valence-electron chi connectivity index (χ4n) is 2.59. The van der Waals surface area contributed by atoms with E-state index in [4.69, 9.17) is 16.9 Å². The third-order valence-corrected chi connectivity index (χ3v) is 4.14. The van der Waals surface area contributed by atoms with Gasteiger partial charge in [0.15, 0.2) is 5.92 Å². The van der Waals surface area contributed by atoms with Gasteiger partial charge in [-0.1, -0.05) is 23.7 Å². The summed E-state index contributed by atoms with van der Waals surface area (Å²) in [6.07, 6.45) is 1.11. The van der Waals surface area contributed by atoms with E-state index < -0.39 is 23.8 Å². The third kappa shape index (κ3) is 3.71. The molecule has 1 N–H and O–H groups in total. The van der Waals surface area contributed by atoms with Crippen molar-refractivity contribution in [3.63, 3.8) is 0 Å². The molecule has 7 nitrogen and oxygen atoms in total. The number of carbonyl (C=O) groups excluding carboxylic acids is 3. The highest BCUT2D eigenvalue weighted by Crippen LogP contribution is 2.25. The van der Waals surface area contributed by atoms with Crippen LogP contribution in [0.5, 0.6) is 0 Å². The number of barbiturate groups is 1. The maximum atomic E-state index is 12.8. The first-order valence-electron chi connectivity index (χ1n) is 7.90. The van der Waals surface area contributed by atoms with Crippen LogP contribution >= 0.6 is 11.6 Å². The summed E-state index contributed by atoms with van der Waals surface area (Å²) in [5.74, 6) is -2.81. The zero-order valence-electron chi connectivity index (χ0n) is 14.1. The highest BCUT2D eigenvalue weighted by Gasteiger charge is 2.40. The van der Waals surface area contributed by atoms with E-state index in [1.54, 1.807) is 18.2 Å². The number of nitriles is 1. The molecule has 1 atom stereocenters. The summed E-state index contributed by atoms with van der Waals surface area (Å²) < 4.78 is 0. The minimum Gasteiger partial charge on any atom is -0.276 e. The monoisotopic (exact) mass is 380 g/mol. The van der Waals surface area contributed by atoms with Gasteiger partial charge in [0.25, 0.3) is 5.91 Å². The van der Waals surface area contributed by atoms with Crippen LogP contribution in [0.3, 0.4) is 0 Å². The first-order chi connectivity index (χ1) is 12.9. The number of nitrogens with zero attached hydrogens (tertiary/aromatic N) is 3. The molecular formula is C19H13ClN4O3. The number of amides is 4. The molecule has 0 saturated carbocycles. The topological polar surface area (TPSA) is 103 Å². The van der Waals surface area contributed by atoms with Crippen LogP contribution in [0.2, 0.25) is 5.02 Å². The summed E-state index contributed by atoms with van der Waals surface area (Å²) in [6, 6.07) is 12.4. The Hall–Kier alpha value is -3.50. The van der Waals surface area contributed by atoms with Crippen molar-refractivity contribution in [3.8, 4) is 6.07 Å². The van der Waals surface area contributed by atoms with E-state index in [2.05, 4.69) is 10.3 Å². The maximum absolute atomic E-state index is 12.8. The van der Waals surface area contributed by atoms with Gasteiger partial charge in [-0.05, 0) is 42.8 Å². The van der Waals surface area contributed by atoms with Crippen molar-refractivity contribution >= 4 is 47.0 Å². The molecule has 1 heterocycles. The lowest BCUT2D eigenvalue weighted by molar-refractivity contribution is -0.131. The van der Waals surface area contributed by atoms with Gasteiger partial charge in [-0.3, -0.25) is 19.9 Å². The summed E-state index contributed by atoms with van der Waals surface area (Å²) in [5.41, 5.74) is 1.67. The molecule has 0 bridgehead atoms. The highest BCUT2D eigenvalue weighted by molar-refractivity contribution is 6.33. The van der Waals surface area contributed by atoms with E-state index in [-0.39, 0.29) is 11.3 Å². The van der Waals surface area contributed by atoms with Gasteiger partial charge < -0.3 is 0 Å². The predicted molar refractivity (Wildman–Crippen MR) is 100 cm³/mol. The minimum absolute atomic E-state index is 0.226. The SMILES string of the molecule is Cc1cccc(N2C(=O)NC(=O)[C@@H](C=Nc3cc(Cl)ccc3C#N)C2=O)c1. The Kier molecular flexibility index (Phi) is 5.01. The van der Waals surface area contributed by atoms with Crippen molar-refractivity contribution in [2.24, 2.45) is 10.9 Å². The largest absolute Gasteiger partial charge is 0.335 e. The number of hydrogen-bond donors (Lipinski definition) is 1. The number of benzene rings is 2. The molecule has 1 aliphatic heterocycles. The van der Waals surface area contributed by atoms with Gasteiger partial charge in [-0.25, -0.2) is 9.69 Å². The second-order valence-corrected chi connectivity index (χ2v) is 6.27. The van der Waals surface area contributed by atoms with Crippen molar-refractivity contribution in [3.05, 3.63) is 58.6 Å². The lowest BCUT2D eigenvalue weighted by Crippen LogP contribution is -2.58. The molecule has 1 aliphatic rings. The number of rotatable bonds is 3. The van der Waals surface area contributed by atoms with E-state index >= 15 is 0 Å². The lowest BCUT2D eigenvalue weighted by atomic mass is 10.1. The normalized spacial score (nSPS) is 17.1. The first kappa shape index (κ1) is 18.3. The molecule has 0 radical (unpaired) electrons. The number of imide groups is 2. The summed E-state index contributed by atoms with van der Waals surface area (Å²) in [6.45, 7) is 1.82. The van der Waals surface area contributed by atoms with E-state index in [0.717, 1.165) is 16.7 Å². The Labute approximate surface area is 159 Å². The summed E-state index contributed by atoms with van der Waals surface area (Å²) in [5, 5.41) is 11.6. The van der Waals surface area contributed by atoms with Gasteiger partial charge in [0.1, 0.15) is 6.07 Å². The fraction of sp³-hybridized carbons (Fsp3) is 0.105. The molecule has 3 rings (SSSR count). The molecule has 0 unspecified atom stereocenters. The predicted octanol–water partition coefficient (Wildman–Crippen LogP) is 3.12. The quantitative estimate of drug-likeness (QED) is 0.652. The zero-order chi connectivity index (χ0) is 19.6. The van der Waals surface area contributed by atoms with E-state index in [1.165, 1.54) is 18.2 Å². The molecule has 1 fully saturated rings. The molecule has 0 spiro atoms. The molecule has 8 heteroatoms. The van der Waals surface area contributed by atoms with Gasteiger partial charge in [-0.15, -0.1) is 0 Å². The molecule has 27 heavy (non-hydrogen) atoms. The van der Waals surface area contributed by atoms with Crippen molar-refractivity contribution in [2.45, 2.75) is 6.92 Å². The third-order valence-electron chi connectivity index (χ3n) is 3.90. The number of aliphatic imine (C=N–C) groups is 1. The Balaban J connectivity index is 1.95. The molecule has 0 aliphatic carbocycles. The zero-order valence-corrected chi connectivity index (χ0v) is 14.9. The number of halogens is 1. The van der Waals surface area contributed by atoms with Crippen molar-refractivity contribution in [1.82, 2.24) is 5.32 Å². The van der Waals surface area contributed by atoms with Crippen LogP contribution < -0.4 is 10.2 Å². The number of aryl methyl sites for hydroxylation is 1. The number of carbonyl (C=O) groups is 3. The smallest absolute Gasteiger partial charge is 0.276 e. The second-order valence-electron chi connectivity index (χ2n) is 5.84. The average Bonchev–Trinajstić information content (AvgIpc) is 2.61. The van der Waals surface area contributed by atoms with Crippen molar-refractivity contribution in [2.75, 3.05) is 4.90 Å². The molecule has 0 aromatic heterocycles. The van der Waals surface area contributed by atoms with Gasteiger partial charge in [0.2, 0.25) is 5.91 Å². The van der Waals surface area contributed by atoms with E-state index in [9.17, 15) is 14.4 Å². The van der Waals surface area contributed by atoms with Gasteiger partial charge in [0, 0.05) is 11.2 Å². The van der Waals surface area contributed by atoms with Gasteiger partial charge in [0.05, 0.1) is 16.9 Å². The molecule has 4 amide bonds. The fourth-order valence-corrected chi connectivity index (χ4v) is 2.76. The van der Waals surface area contributed by atoms with Crippen LogP contribution in [-0.4, -0.2) is 24.1 Å². The Morgan fingerprint density at radius 3 is 2.70 bits per heavy atom. The van der Waals surface area contributed by atoms with Crippen LogP contribution in [0, 0.1) is 24.2 Å². The van der Waals surface area contributed by atoms with Crippen LogP contribution in [0.15, 0.2) is 47.5 Å². The van der Waals surface area contributed by atoms with Crippen LogP contribution in [0.25, 0.3) is 0 Å². The molecule has 2 aromatic carbocycles. The second kappa shape index (κ2) is 7.40. The molecular weight excluding hydrogens is 368 g/mol. The van der Waals surface area contributed by atoms with Crippen LogP contribution in [0.4, 0.5) is 16.2 Å². The van der Waals surface area contributed by atoms with Crippen LogP contribution in [0.1, 0.15) is 11.1 Å². The maximum Gasteiger partial charge on any atom is 0.335 e. The minimum atomic E-state index is -1.31. The van der Waals surface area contributed by atoms with Gasteiger partial charge in [-0.2, -0.15) is 5.26 Å². The lowest BCUT2D eigenvalue weighted by Gasteiger charge is -2.28. The van der Waals surface area contributed by atoms with E-state index in [0.29, 0.717) is 10.7 Å². The van der Waals surface area contributed by atoms with Crippen molar-refractivity contribution < 1.29 is 14.4 Å². The van der Waals surface area contributed by atoms with Crippen LogP contribution in [-0.2, 0) is 9.59 Å². The van der Waals surface area contributed by atoms with E-state index in [1.807, 2.05) is 19.1 Å². The number of hydrogen-bond acceptors (Lipinski definition) is 5. The Morgan fingerprint density at radius 2 is 2.00 bits per heavy atom. The number of urea groups is 1. The molecule has 134 valence electrons. The molecule has 2 aromatic rings. The number of nitrogens with one attached hydrogen (secondary N) is 1.